The Morgan fingerprint density at radius 1 is 1.15 bits per heavy atom. The summed E-state index contributed by atoms with van der Waals surface area (Å²) >= 11 is 0. The van der Waals surface area contributed by atoms with Crippen molar-refractivity contribution in [3.8, 4) is 17.2 Å². The van der Waals surface area contributed by atoms with Crippen LogP contribution >= 0.6 is 0 Å². The van der Waals surface area contributed by atoms with E-state index >= 15 is 0 Å². The van der Waals surface area contributed by atoms with Crippen molar-refractivity contribution in [1.82, 2.24) is 14.7 Å². The Labute approximate surface area is 198 Å². The predicted molar refractivity (Wildman–Crippen MR) is 124 cm³/mol. The largest absolute Gasteiger partial charge is 0.493 e. The Bertz CT molecular complexity index is 1050. The first-order valence-corrected chi connectivity index (χ1v) is 11.2. The lowest BCUT2D eigenvalue weighted by atomic mass is 10.1. The lowest BCUT2D eigenvalue weighted by Crippen LogP contribution is -2.48. The zero-order valence-electron chi connectivity index (χ0n) is 19.2. The van der Waals surface area contributed by atoms with Gasteiger partial charge in [-0.2, -0.15) is 5.10 Å². The number of hydrogen-bond acceptors (Lipinski definition) is 7. The SMILES string of the molecule is COc1ccc(CN2CCOCC(O)(COc3cccc(F)c3)C2)cc1OCCn1cccn1. The first-order chi connectivity index (χ1) is 16.5. The lowest BCUT2D eigenvalue weighted by Gasteiger charge is -2.30. The molecule has 0 bridgehead atoms. The molecule has 2 aromatic carbocycles. The Hall–Kier alpha value is -3.14. The van der Waals surface area contributed by atoms with Crippen LogP contribution in [0.4, 0.5) is 4.39 Å². The summed E-state index contributed by atoms with van der Waals surface area (Å²) in [4.78, 5) is 2.11. The number of nitrogens with zero attached hydrogens (tertiary/aromatic N) is 3. The molecule has 1 N–H and O–H groups in total. The molecule has 1 saturated heterocycles. The van der Waals surface area contributed by atoms with Gasteiger partial charge in [0.1, 0.15) is 30.4 Å². The van der Waals surface area contributed by atoms with Crippen LogP contribution in [0.25, 0.3) is 0 Å². The van der Waals surface area contributed by atoms with Gasteiger partial charge in [-0.15, -0.1) is 0 Å². The van der Waals surface area contributed by atoms with Crippen molar-refractivity contribution in [2.24, 2.45) is 0 Å². The number of β-amino-alcohol motifs (C(OH)–C–C–N with tert-alkyl or cyclic N) is 1. The fourth-order valence-corrected chi connectivity index (χ4v) is 3.87. The molecule has 1 aromatic heterocycles. The quantitative estimate of drug-likeness (QED) is 0.487. The van der Waals surface area contributed by atoms with Gasteiger partial charge in [-0.05, 0) is 35.9 Å². The van der Waals surface area contributed by atoms with Crippen LogP contribution in [-0.4, -0.2) is 72.0 Å². The molecule has 1 aliphatic rings. The summed E-state index contributed by atoms with van der Waals surface area (Å²) in [7, 11) is 1.61. The molecule has 2 heterocycles. The zero-order valence-corrected chi connectivity index (χ0v) is 19.2. The highest BCUT2D eigenvalue weighted by Crippen LogP contribution is 2.29. The molecule has 4 rings (SSSR count). The fourth-order valence-electron chi connectivity index (χ4n) is 3.87. The molecule has 9 heteroatoms. The molecular formula is C25H30FN3O5. The summed E-state index contributed by atoms with van der Waals surface area (Å²) in [5, 5.41) is 15.3. The van der Waals surface area contributed by atoms with Crippen molar-refractivity contribution in [2.75, 3.05) is 46.6 Å². The third-order valence-electron chi connectivity index (χ3n) is 5.52. The van der Waals surface area contributed by atoms with Gasteiger partial charge in [-0.25, -0.2) is 4.39 Å². The Morgan fingerprint density at radius 3 is 2.85 bits per heavy atom. The number of benzene rings is 2. The van der Waals surface area contributed by atoms with E-state index < -0.39 is 5.60 Å². The van der Waals surface area contributed by atoms with Gasteiger partial charge in [0.25, 0.3) is 0 Å². The third-order valence-corrected chi connectivity index (χ3v) is 5.52. The number of methoxy groups -OCH3 is 1. The smallest absolute Gasteiger partial charge is 0.161 e. The number of aliphatic hydroxyl groups is 1. The molecule has 1 unspecified atom stereocenters. The topological polar surface area (TPSA) is 78.2 Å². The van der Waals surface area contributed by atoms with Crippen LogP contribution in [-0.2, 0) is 17.8 Å². The summed E-state index contributed by atoms with van der Waals surface area (Å²) in [5.41, 5.74) is -0.205. The highest BCUT2D eigenvalue weighted by Gasteiger charge is 2.33. The standard InChI is InChI=1S/C25H30FN3O5/c1-31-23-7-6-20(14-24(23)33-13-11-29-9-3-8-27-29)16-28-10-12-32-18-25(30,17-28)19-34-22-5-2-4-21(26)15-22/h2-9,14-15,30H,10-13,16-19H2,1H3. The molecule has 34 heavy (non-hydrogen) atoms. The van der Waals surface area contributed by atoms with E-state index in [-0.39, 0.29) is 19.0 Å². The van der Waals surface area contributed by atoms with Crippen LogP contribution in [0, 0.1) is 5.82 Å². The monoisotopic (exact) mass is 471 g/mol. The van der Waals surface area contributed by atoms with Crippen LogP contribution in [0.5, 0.6) is 17.2 Å². The van der Waals surface area contributed by atoms with E-state index in [0.29, 0.717) is 56.6 Å². The van der Waals surface area contributed by atoms with Crippen LogP contribution in [0.3, 0.4) is 0 Å². The Morgan fingerprint density at radius 2 is 2.06 bits per heavy atom. The van der Waals surface area contributed by atoms with E-state index in [0.717, 1.165) is 5.56 Å². The minimum Gasteiger partial charge on any atom is -0.493 e. The minimum atomic E-state index is -1.22. The van der Waals surface area contributed by atoms with Crippen LogP contribution in [0.2, 0.25) is 0 Å². The zero-order chi connectivity index (χ0) is 23.8. The molecule has 0 aliphatic carbocycles. The number of ether oxygens (including phenoxy) is 4. The predicted octanol–water partition coefficient (Wildman–Crippen LogP) is 2.75. The minimum absolute atomic E-state index is 0.00262. The molecule has 0 spiro atoms. The van der Waals surface area contributed by atoms with Crippen LogP contribution in [0.15, 0.2) is 60.9 Å². The average Bonchev–Trinajstić information content (AvgIpc) is 3.27. The molecular weight excluding hydrogens is 441 g/mol. The van der Waals surface area contributed by atoms with Gasteiger partial charge in [0.05, 0.1) is 26.9 Å². The first-order valence-electron chi connectivity index (χ1n) is 11.2. The molecule has 0 radical (unpaired) electrons. The van der Waals surface area contributed by atoms with Gasteiger partial charge < -0.3 is 24.1 Å². The van der Waals surface area contributed by atoms with Gasteiger partial charge in [0.2, 0.25) is 0 Å². The van der Waals surface area contributed by atoms with Gasteiger partial charge in [-0.3, -0.25) is 9.58 Å². The first kappa shape index (κ1) is 24.0. The van der Waals surface area contributed by atoms with Crippen LogP contribution in [0.1, 0.15) is 5.56 Å². The second kappa shape index (κ2) is 11.3. The second-order valence-electron chi connectivity index (χ2n) is 8.34. The molecule has 8 nitrogen and oxygen atoms in total. The van der Waals surface area contributed by atoms with E-state index in [9.17, 15) is 9.50 Å². The van der Waals surface area contributed by atoms with E-state index in [2.05, 4.69) is 10.00 Å². The van der Waals surface area contributed by atoms with Gasteiger partial charge in [0.15, 0.2) is 11.5 Å². The molecule has 1 atom stereocenters. The van der Waals surface area contributed by atoms with E-state index in [1.54, 1.807) is 30.1 Å². The maximum Gasteiger partial charge on any atom is 0.161 e. The molecule has 3 aromatic rings. The summed E-state index contributed by atoms with van der Waals surface area (Å²) < 4.78 is 38.0. The number of rotatable bonds is 10. The Kier molecular flexibility index (Phi) is 7.99. The van der Waals surface area contributed by atoms with E-state index in [4.69, 9.17) is 18.9 Å². The van der Waals surface area contributed by atoms with Gasteiger partial charge in [0, 0.05) is 38.1 Å². The maximum atomic E-state index is 13.4. The number of halogens is 1. The van der Waals surface area contributed by atoms with Gasteiger partial charge in [-0.1, -0.05) is 12.1 Å². The van der Waals surface area contributed by atoms with Crippen LogP contribution < -0.4 is 14.2 Å². The lowest BCUT2D eigenvalue weighted by molar-refractivity contribution is -0.0647. The third kappa shape index (κ3) is 6.69. The summed E-state index contributed by atoms with van der Waals surface area (Å²) in [5.74, 6) is 1.30. The summed E-state index contributed by atoms with van der Waals surface area (Å²) in [6.45, 7) is 3.31. The van der Waals surface area contributed by atoms with Crippen molar-refractivity contribution in [2.45, 2.75) is 18.7 Å². The fraction of sp³-hybridized carbons (Fsp3) is 0.400. The van der Waals surface area contributed by atoms with Gasteiger partial charge >= 0.3 is 0 Å². The molecule has 1 fully saturated rings. The number of hydrogen-bond donors (Lipinski definition) is 1. The van der Waals surface area contributed by atoms with E-state index in [1.165, 1.54) is 12.1 Å². The molecule has 1 aliphatic heterocycles. The second-order valence-corrected chi connectivity index (χ2v) is 8.34. The Balaban J connectivity index is 1.38. The molecule has 0 amide bonds. The number of aromatic nitrogens is 2. The van der Waals surface area contributed by atoms with Crippen molar-refractivity contribution >= 4 is 0 Å². The van der Waals surface area contributed by atoms with Crippen molar-refractivity contribution in [1.29, 1.82) is 0 Å². The van der Waals surface area contributed by atoms with E-state index in [1.807, 2.05) is 30.5 Å². The van der Waals surface area contributed by atoms with Crippen molar-refractivity contribution < 1.29 is 28.4 Å². The van der Waals surface area contributed by atoms with Crippen molar-refractivity contribution in [3.05, 3.63) is 72.3 Å². The summed E-state index contributed by atoms with van der Waals surface area (Å²) in [6, 6.07) is 13.6. The molecule has 0 saturated carbocycles. The highest BCUT2D eigenvalue weighted by molar-refractivity contribution is 5.43. The maximum absolute atomic E-state index is 13.4. The summed E-state index contributed by atoms with van der Waals surface area (Å²) in [6.07, 6.45) is 3.62. The normalized spacial score (nSPS) is 18.9. The highest BCUT2D eigenvalue weighted by atomic mass is 19.1. The van der Waals surface area contributed by atoms with Crippen molar-refractivity contribution in [3.63, 3.8) is 0 Å². The molecule has 182 valence electrons. The average molecular weight is 472 g/mol.